The highest BCUT2D eigenvalue weighted by Crippen LogP contribution is 2.23. The maximum absolute atomic E-state index is 13.8. The number of likely N-dealkylation sites (tertiary alicyclic amines) is 1. The number of aromatic nitrogens is 2. The zero-order valence-electron chi connectivity index (χ0n) is 11.3. The molecule has 3 rings (SSSR count). The average molecular weight is 273 g/mol. The molecule has 0 saturated carbocycles. The molecule has 0 spiro atoms. The predicted molar refractivity (Wildman–Crippen MR) is 73.7 cm³/mol. The number of amides is 1. The Hall–Kier alpha value is -2.17. The maximum Gasteiger partial charge on any atom is 0.272 e. The van der Waals surface area contributed by atoms with Crippen LogP contribution in [0.3, 0.4) is 0 Å². The van der Waals surface area contributed by atoms with Crippen molar-refractivity contribution in [3.63, 3.8) is 0 Å². The van der Waals surface area contributed by atoms with E-state index in [9.17, 15) is 9.18 Å². The third kappa shape index (κ3) is 2.19. The topological polar surface area (TPSA) is 38.1 Å². The van der Waals surface area contributed by atoms with Gasteiger partial charge in [0, 0.05) is 25.7 Å². The molecule has 20 heavy (non-hydrogen) atoms. The summed E-state index contributed by atoms with van der Waals surface area (Å²) >= 11 is 0. The lowest BCUT2D eigenvalue weighted by Crippen LogP contribution is -2.29. The van der Waals surface area contributed by atoms with E-state index in [1.165, 1.54) is 10.7 Å². The molecular formula is C15H16FN3O. The van der Waals surface area contributed by atoms with Crippen LogP contribution in [0.1, 0.15) is 23.3 Å². The Labute approximate surface area is 116 Å². The lowest BCUT2D eigenvalue weighted by molar-refractivity contribution is 0.0782. The monoisotopic (exact) mass is 273 g/mol. The molecule has 0 aliphatic carbocycles. The highest BCUT2D eigenvalue weighted by Gasteiger charge is 2.23. The summed E-state index contributed by atoms with van der Waals surface area (Å²) in [6, 6.07) is 8.12. The Morgan fingerprint density at radius 1 is 1.25 bits per heavy atom. The molecule has 0 atom stereocenters. The molecule has 1 saturated heterocycles. The summed E-state index contributed by atoms with van der Waals surface area (Å²) in [6.45, 7) is 1.58. The first-order chi connectivity index (χ1) is 9.66. The van der Waals surface area contributed by atoms with Gasteiger partial charge in [0.25, 0.3) is 5.91 Å². The maximum atomic E-state index is 13.8. The minimum atomic E-state index is -0.328. The molecule has 1 amide bonds. The van der Waals surface area contributed by atoms with Gasteiger partial charge in [0.15, 0.2) is 0 Å². The smallest absolute Gasteiger partial charge is 0.272 e. The van der Waals surface area contributed by atoms with E-state index < -0.39 is 0 Å². The highest BCUT2D eigenvalue weighted by molar-refractivity contribution is 5.93. The van der Waals surface area contributed by atoms with E-state index in [1.54, 1.807) is 31.3 Å². The molecule has 1 aliphatic rings. The van der Waals surface area contributed by atoms with Crippen LogP contribution < -0.4 is 0 Å². The number of halogens is 1. The van der Waals surface area contributed by atoms with Crippen molar-refractivity contribution in [2.24, 2.45) is 7.05 Å². The van der Waals surface area contributed by atoms with Crippen LogP contribution in [0.15, 0.2) is 30.3 Å². The molecule has 1 aromatic carbocycles. The SMILES string of the molecule is Cn1nc(-c2ccccc2F)cc1C(=O)N1CCCC1. The van der Waals surface area contributed by atoms with Gasteiger partial charge in [-0.2, -0.15) is 5.10 Å². The van der Waals surface area contributed by atoms with E-state index in [1.807, 2.05) is 4.90 Å². The van der Waals surface area contributed by atoms with Crippen LogP contribution in [0, 0.1) is 5.82 Å². The molecule has 0 bridgehead atoms. The van der Waals surface area contributed by atoms with Gasteiger partial charge >= 0.3 is 0 Å². The number of nitrogens with zero attached hydrogens (tertiary/aromatic N) is 3. The third-order valence-electron chi connectivity index (χ3n) is 3.64. The molecule has 1 aliphatic heterocycles. The van der Waals surface area contributed by atoms with Crippen LogP contribution in [0.4, 0.5) is 4.39 Å². The molecule has 104 valence electrons. The normalized spacial score (nSPS) is 14.8. The van der Waals surface area contributed by atoms with Gasteiger partial charge < -0.3 is 4.90 Å². The van der Waals surface area contributed by atoms with Gasteiger partial charge in [-0.3, -0.25) is 9.48 Å². The molecule has 1 aromatic heterocycles. The summed E-state index contributed by atoms with van der Waals surface area (Å²) in [5.74, 6) is -0.356. The van der Waals surface area contributed by atoms with Gasteiger partial charge in [-0.05, 0) is 31.0 Å². The molecule has 4 nitrogen and oxygen atoms in total. The summed E-state index contributed by atoms with van der Waals surface area (Å²) in [5.41, 5.74) is 1.42. The van der Waals surface area contributed by atoms with E-state index in [-0.39, 0.29) is 11.7 Å². The number of benzene rings is 1. The van der Waals surface area contributed by atoms with Crippen molar-refractivity contribution in [1.29, 1.82) is 0 Å². The Morgan fingerprint density at radius 3 is 2.65 bits per heavy atom. The second-order valence-corrected chi connectivity index (χ2v) is 5.02. The van der Waals surface area contributed by atoms with Gasteiger partial charge in [-0.15, -0.1) is 0 Å². The second-order valence-electron chi connectivity index (χ2n) is 5.02. The number of carbonyl (C=O) groups excluding carboxylic acids is 1. The van der Waals surface area contributed by atoms with E-state index in [0.717, 1.165) is 25.9 Å². The number of aryl methyl sites for hydroxylation is 1. The number of hydrogen-bond acceptors (Lipinski definition) is 2. The van der Waals surface area contributed by atoms with E-state index in [4.69, 9.17) is 0 Å². The molecule has 0 unspecified atom stereocenters. The van der Waals surface area contributed by atoms with E-state index >= 15 is 0 Å². The molecule has 0 N–H and O–H groups in total. The largest absolute Gasteiger partial charge is 0.337 e. The van der Waals surface area contributed by atoms with Crippen molar-refractivity contribution in [1.82, 2.24) is 14.7 Å². The van der Waals surface area contributed by atoms with E-state index in [2.05, 4.69) is 5.10 Å². The summed E-state index contributed by atoms with van der Waals surface area (Å²) in [4.78, 5) is 14.2. The summed E-state index contributed by atoms with van der Waals surface area (Å²) in [6.07, 6.45) is 2.09. The molecule has 1 fully saturated rings. The lowest BCUT2D eigenvalue weighted by atomic mass is 10.1. The lowest BCUT2D eigenvalue weighted by Gasteiger charge is -2.14. The van der Waals surface area contributed by atoms with Crippen LogP contribution in [-0.2, 0) is 7.05 Å². The van der Waals surface area contributed by atoms with Gasteiger partial charge in [-0.1, -0.05) is 12.1 Å². The summed E-state index contributed by atoms with van der Waals surface area (Å²) < 4.78 is 15.3. The quantitative estimate of drug-likeness (QED) is 0.843. The molecule has 0 radical (unpaired) electrons. The first kappa shape index (κ1) is 12.8. The molecule has 2 aromatic rings. The van der Waals surface area contributed by atoms with Gasteiger partial charge in [0.1, 0.15) is 11.5 Å². The van der Waals surface area contributed by atoms with Crippen molar-refractivity contribution in [3.05, 3.63) is 41.8 Å². The van der Waals surface area contributed by atoms with Gasteiger partial charge in [0.2, 0.25) is 0 Å². The molecule has 2 heterocycles. The fraction of sp³-hybridized carbons (Fsp3) is 0.333. The Kier molecular flexibility index (Phi) is 3.26. The van der Waals surface area contributed by atoms with Crippen molar-refractivity contribution in [2.45, 2.75) is 12.8 Å². The van der Waals surface area contributed by atoms with Crippen molar-refractivity contribution >= 4 is 5.91 Å². The fourth-order valence-corrected chi connectivity index (χ4v) is 2.55. The van der Waals surface area contributed by atoms with Crippen LogP contribution in [-0.4, -0.2) is 33.7 Å². The Bertz CT molecular complexity index is 644. The molecule has 5 heteroatoms. The van der Waals surface area contributed by atoms with Crippen molar-refractivity contribution in [3.8, 4) is 11.3 Å². The van der Waals surface area contributed by atoms with Gasteiger partial charge in [0.05, 0.1) is 5.69 Å². The zero-order valence-corrected chi connectivity index (χ0v) is 11.3. The van der Waals surface area contributed by atoms with Crippen molar-refractivity contribution in [2.75, 3.05) is 13.1 Å². The summed E-state index contributed by atoms with van der Waals surface area (Å²) in [7, 11) is 1.72. The van der Waals surface area contributed by atoms with Crippen LogP contribution in [0.2, 0.25) is 0 Å². The Morgan fingerprint density at radius 2 is 1.95 bits per heavy atom. The number of carbonyl (C=O) groups is 1. The minimum absolute atomic E-state index is 0.0277. The van der Waals surface area contributed by atoms with Crippen LogP contribution >= 0.6 is 0 Å². The second kappa shape index (κ2) is 5.07. The Balaban J connectivity index is 1.95. The first-order valence-corrected chi connectivity index (χ1v) is 6.75. The van der Waals surface area contributed by atoms with Crippen LogP contribution in [0.5, 0.6) is 0 Å². The van der Waals surface area contributed by atoms with Crippen molar-refractivity contribution < 1.29 is 9.18 Å². The zero-order chi connectivity index (χ0) is 14.1. The minimum Gasteiger partial charge on any atom is -0.337 e. The highest BCUT2D eigenvalue weighted by atomic mass is 19.1. The van der Waals surface area contributed by atoms with Crippen LogP contribution in [0.25, 0.3) is 11.3 Å². The fourth-order valence-electron chi connectivity index (χ4n) is 2.55. The van der Waals surface area contributed by atoms with Gasteiger partial charge in [-0.25, -0.2) is 4.39 Å². The standard InChI is InChI=1S/C15H16FN3O/c1-18-14(15(20)19-8-4-5-9-19)10-13(17-18)11-6-2-3-7-12(11)16/h2-3,6-7,10H,4-5,8-9H2,1H3. The number of rotatable bonds is 2. The summed E-state index contributed by atoms with van der Waals surface area (Å²) in [5, 5.41) is 4.26. The predicted octanol–water partition coefficient (Wildman–Crippen LogP) is 2.46. The average Bonchev–Trinajstić information content (AvgIpc) is 3.08. The number of hydrogen-bond donors (Lipinski definition) is 0. The molecular weight excluding hydrogens is 257 g/mol. The third-order valence-corrected chi connectivity index (χ3v) is 3.64. The first-order valence-electron chi connectivity index (χ1n) is 6.75. The van der Waals surface area contributed by atoms with E-state index in [0.29, 0.717) is 17.0 Å².